The maximum absolute atomic E-state index is 12.5. The van der Waals surface area contributed by atoms with Crippen LogP contribution in [0.5, 0.6) is 0 Å². The van der Waals surface area contributed by atoms with Crippen molar-refractivity contribution in [2.24, 2.45) is 0 Å². The predicted molar refractivity (Wildman–Crippen MR) is 111 cm³/mol. The minimum absolute atomic E-state index is 0.0142. The molecular weight excluding hydrogens is 332 g/mol. The van der Waals surface area contributed by atoms with Gasteiger partial charge in [-0.15, -0.1) is 0 Å². The highest BCUT2D eigenvalue weighted by molar-refractivity contribution is 5.94. The summed E-state index contributed by atoms with van der Waals surface area (Å²) in [5.41, 5.74) is 5.47. The Morgan fingerprint density at radius 3 is 2.56 bits per heavy atom. The number of hydrogen-bond acceptors (Lipinski definition) is 2. The molecule has 3 aromatic rings. The fourth-order valence-electron chi connectivity index (χ4n) is 3.18. The maximum atomic E-state index is 12.5. The van der Waals surface area contributed by atoms with Crippen molar-refractivity contribution < 1.29 is 4.79 Å². The van der Waals surface area contributed by atoms with E-state index in [1.165, 1.54) is 16.7 Å². The normalized spacial score (nSPS) is 11.8. The van der Waals surface area contributed by atoms with Crippen LogP contribution in [0.1, 0.15) is 41.3 Å². The number of carbonyl (C=O) groups is 1. The van der Waals surface area contributed by atoms with Crippen LogP contribution < -0.4 is 5.32 Å². The molecule has 2 aromatic carbocycles. The first-order valence-electron chi connectivity index (χ1n) is 9.49. The molecule has 0 aliphatic carbocycles. The molecule has 138 valence electrons. The predicted octanol–water partition coefficient (Wildman–Crippen LogP) is 5.20. The van der Waals surface area contributed by atoms with Gasteiger partial charge in [-0.2, -0.15) is 0 Å². The van der Waals surface area contributed by atoms with Gasteiger partial charge in [-0.25, -0.2) is 0 Å². The Balaban J connectivity index is 1.51. The van der Waals surface area contributed by atoms with Gasteiger partial charge in [0.05, 0.1) is 0 Å². The Bertz CT molecular complexity index is 872. The third-order valence-electron chi connectivity index (χ3n) is 4.70. The number of aryl methyl sites for hydroxylation is 2. The van der Waals surface area contributed by atoms with Gasteiger partial charge in [-0.05, 0) is 68.0 Å². The van der Waals surface area contributed by atoms with E-state index in [1.54, 1.807) is 6.20 Å². The summed E-state index contributed by atoms with van der Waals surface area (Å²) in [6.07, 6.45) is 6.65. The molecule has 1 N–H and O–H groups in total. The van der Waals surface area contributed by atoms with E-state index in [0.29, 0.717) is 5.56 Å². The molecule has 1 heterocycles. The molecule has 0 radical (unpaired) electrons. The standard InChI is InChI=1S/C24H26N2O/c1-18-6-3-10-23(16-18)21-11-13-22(14-12-21)24(27)26-19(2)7-4-8-20-9-5-15-25-17-20/h3,5-6,9-17,19H,4,7-8H2,1-2H3,(H,26,27)/t19-/m1/s1. The van der Waals surface area contributed by atoms with Crippen LogP contribution in [0.2, 0.25) is 0 Å². The largest absolute Gasteiger partial charge is 0.350 e. The first-order chi connectivity index (χ1) is 13.1. The van der Waals surface area contributed by atoms with Crippen LogP contribution in [0, 0.1) is 6.92 Å². The first kappa shape index (κ1) is 18.8. The molecule has 0 aliphatic heterocycles. The molecule has 0 bridgehead atoms. The Morgan fingerprint density at radius 2 is 1.85 bits per heavy atom. The van der Waals surface area contributed by atoms with Gasteiger partial charge in [0, 0.05) is 24.0 Å². The topological polar surface area (TPSA) is 42.0 Å². The summed E-state index contributed by atoms with van der Waals surface area (Å²) in [7, 11) is 0. The Kier molecular flexibility index (Phi) is 6.37. The lowest BCUT2D eigenvalue weighted by Gasteiger charge is -2.14. The van der Waals surface area contributed by atoms with E-state index in [4.69, 9.17) is 0 Å². The fraction of sp³-hybridized carbons (Fsp3) is 0.250. The minimum atomic E-state index is -0.0142. The summed E-state index contributed by atoms with van der Waals surface area (Å²) in [6.45, 7) is 4.14. The number of rotatable bonds is 7. The van der Waals surface area contributed by atoms with Crippen LogP contribution >= 0.6 is 0 Å². The van der Waals surface area contributed by atoms with Gasteiger partial charge in [0.15, 0.2) is 0 Å². The zero-order valence-electron chi connectivity index (χ0n) is 16.0. The van der Waals surface area contributed by atoms with Crippen LogP contribution in [0.15, 0.2) is 73.1 Å². The van der Waals surface area contributed by atoms with Crippen molar-refractivity contribution in [2.45, 2.75) is 39.2 Å². The quantitative estimate of drug-likeness (QED) is 0.631. The van der Waals surface area contributed by atoms with Gasteiger partial charge in [-0.3, -0.25) is 9.78 Å². The van der Waals surface area contributed by atoms with Gasteiger partial charge in [0.1, 0.15) is 0 Å². The van der Waals surface area contributed by atoms with Crippen LogP contribution in [0.25, 0.3) is 11.1 Å². The highest BCUT2D eigenvalue weighted by Crippen LogP contribution is 2.21. The number of aromatic nitrogens is 1. The number of hydrogen-bond donors (Lipinski definition) is 1. The summed E-state index contributed by atoms with van der Waals surface area (Å²) in [6, 6.07) is 20.4. The molecule has 1 atom stereocenters. The molecule has 1 aromatic heterocycles. The van der Waals surface area contributed by atoms with Gasteiger partial charge in [-0.1, -0.05) is 48.0 Å². The first-order valence-corrected chi connectivity index (χ1v) is 9.49. The molecule has 3 heteroatoms. The van der Waals surface area contributed by atoms with Gasteiger partial charge in [0.2, 0.25) is 0 Å². The van der Waals surface area contributed by atoms with Crippen molar-refractivity contribution in [3.05, 3.63) is 89.7 Å². The van der Waals surface area contributed by atoms with E-state index in [2.05, 4.69) is 54.5 Å². The smallest absolute Gasteiger partial charge is 0.251 e. The summed E-state index contributed by atoms with van der Waals surface area (Å²) in [5, 5.41) is 3.10. The van der Waals surface area contributed by atoms with Gasteiger partial charge < -0.3 is 5.32 Å². The number of pyridine rings is 1. The number of benzene rings is 2. The van der Waals surface area contributed by atoms with E-state index in [0.717, 1.165) is 24.8 Å². The zero-order chi connectivity index (χ0) is 19.1. The van der Waals surface area contributed by atoms with Crippen molar-refractivity contribution >= 4 is 5.91 Å². The Morgan fingerprint density at radius 1 is 1.04 bits per heavy atom. The number of nitrogens with one attached hydrogen (secondary N) is 1. The van der Waals surface area contributed by atoms with E-state index in [9.17, 15) is 4.79 Å². The molecule has 0 fully saturated rings. The van der Waals surface area contributed by atoms with E-state index in [-0.39, 0.29) is 11.9 Å². The third kappa shape index (κ3) is 5.52. The van der Waals surface area contributed by atoms with Crippen molar-refractivity contribution in [1.29, 1.82) is 0 Å². The molecule has 0 saturated heterocycles. The highest BCUT2D eigenvalue weighted by Gasteiger charge is 2.10. The molecule has 3 rings (SSSR count). The van der Waals surface area contributed by atoms with Crippen LogP contribution in [-0.2, 0) is 6.42 Å². The SMILES string of the molecule is Cc1cccc(-c2ccc(C(=O)N[C@H](C)CCCc3cccnc3)cc2)c1. The molecule has 0 unspecified atom stereocenters. The van der Waals surface area contributed by atoms with Crippen molar-refractivity contribution in [2.75, 3.05) is 0 Å². The Hall–Kier alpha value is -2.94. The summed E-state index contributed by atoms with van der Waals surface area (Å²) >= 11 is 0. The molecule has 3 nitrogen and oxygen atoms in total. The number of nitrogens with zero attached hydrogens (tertiary/aromatic N) is 1. The molecule has 0 spiro atoms. The van der Waals surface area contributed by atoms with Crippen molar-refractivity contribution in [3.63, 3.8) is 0 Å². The van der Waals surface area contributed by atoms with Gasteiger partial charge >= 0.3 is 0 Å². The fourth-order valence-corrected chi connectivity index (χ4v) is 3.18. The molecular formula is C24H26N2O. The minimum Gasteiger partial charge on any atom is -0.350 e. The van der Waals surface area contributed by atoms with Crippen molar-refractivity contribution in [1.82, 2.24) is 10.3 Å². The number of carbonyl (C=O) groups excluding carboxylic acids is 1. The van der Waals surface area contributed by atoms with Crippen molar-refractivity contribution in [3.8, 4) is 11.1 Å². The van der Waals surface area contributed by atoms with Crippen LogP contribution in [0.4, 0.5) is 0 Å². The van der Waals surface area contributed by atoms with E-state index >= 15 is 0 Å². The average molecular weight is 358 g/mol. The van der Waals surface area contributed by atoms with E-state index in [1.807, 2.05) is 36.5 Å². The lowest BCUT2D eigenvalue weighted by atomic mass is 10.0. The lowest BCUT2D eigenvalue weighted by Crippen LogP contribution is -2.32. The second-order valence-corrected chi connectivity index (χ2v) is 7.07. The maximum Gasteiger partial charge on any atom is 0.251 e. The molecule has 0 aliphatic rings. The monoisotopic (exact) mass is 358 g/mol. The summed E-state index contributed by atoms with van der Waals surface area (Å²) in [4.78, 5) is 16.6. The second kappa shape index (κ2) is 9.13. The van der Waals surface area contributed by atoms with Crippen LogP contribution in [0.3, 0.4) is 0 Å². The molecule has 1 amide bonds. The summed E-state index contributed by atoms with van der Waals surface area (Å²) < 4.78 is 0. The lowest BCUT2D eigenvalue weighted by molar-refractivity contribution is 0.0938. The molecule has 27 heavy (non-hydrogen) atoms. The highest BCUT2D eigenvalue weighted by atomic mass is 16.1. The molecule has 0 saturated carbocycles. The summed E-state index contributed by atoms with van der Waals surface area (Å²) in [5.74, 6) is -0.0142. The second-order valence-electron chi connectivity index (χ2n) is 7.07. The zero-order valence-corrected chi connectivity index (χ0v) is 16.0. The van der Waals surface area contributed by atoms with Gasteiger partial charge in [0.25, 0.3) is 5.91 Å². The van der Waals surface area contributed by atoms with Crippen LogP contribution in [-0.4, -0.2) is 16.9 Å². The number of amides is 1. The van der Waals surface area contributed by atoms with E-state index < -0.39 is 0 Å². The Labute approximate surface area is 161 Å². The third-order valence-corrected chi connectivity index (χ3v) is 4.70. The average Bonchev–Trinajstić information content (AvgIpc) is 2.69.